The van der Waals surface area contributed by atoms with Crippen LogP contribution in [0.1, 0.15) is 52.4 Å². The fourth-order valence-electron chi connectivity index (χ4n) is 2.80. The van der Waals surface area contributed by atoms with Gasteiger partial charge in [0.25, 0.3) is 0 Å². The molecule has 2 aromatic rings. The molecule has 0 fully saturated rings. The van der Waals surface area contributed by atoms with Gasteiger partial charge in [-0.2, -0.15) is 0 Å². The molecule has 0 saturated heterocycles. The Bertz CT molecular complexity index is 879. The first-order valence-electron chi connectivity index (χ1n) is 9.03. The maximum atomic E-state index is 12.4. The molecule has 6 heteroatoms. The third-order valence-electron chi connectivity index (χ3n) is 4.62. The zero-order valence-electron chi connectivity index (χ0n) is 16.3. The third kappa shape index (κ3) is 5.92. The molecule has 148 valence electrons. The molecule has 0 aliphatic carbocycles. The van der Waals surface area contributed by atoms with Crippen LogP contribution in [-0.4, -0.2) is 24.8 Å². The smallest absolute Gasteiger partial charge is 0.307 e. The van der Waals surface area contributed by atoms with Gasteiger partial charge in [-0.15, -0.1) is 0 Å². The number of amides is 1. The Morgan fingerprint density at radius 3 is 2.39 bits per heavy atom. The van der Waals surface area contributed by atoms with Crippen molar-refractivity contribution in [3.63, 3.8) is 0 Å². The van der Waals surface area contributed by atoms with E-state index in [0.717, 1.165) is 11.1 Å². The van der Waals surface area contributed by atoms with Crippen molar-refractivity contribution < 1.29 is 19.1 Å². The number of carbonyl (C=O) groups is 3. The van der Waals surface area contributed by atoms with Crippen molar-refractivity contribution in [2.24, 2.45) is 0 Å². The van der Waals surface area contributed by atoms with Crippen molar-refractivity contribution in [2.45, 2.75) is 39.2 Å². The standard InChI is InChI=1S/C22H24ClNO4/c1-14-8-9-16(12-15(14)2)20(25)10-11-21(26)24-19(13-22(27)28-3)17-6-4-5-7-18(17)23/h4-9,12,19H,10-11,13H2,1-3H3,(H,24,26)/t19-/m0/s1. The molecule has 0 radical (unpaired) electrons. The van der Waals surface area contributed by atoms with Crippen LogP contribution in [0, 0.1) is 13.8 Å². The summed E-state index contributed by atoms with van der Waals surface area (Å²) in [4.78, 5) is 36.5. The van der Waals surface area contributed by atoms with Gasteiger partial charge in [0.1, 0.15) is 0 Å². The normalized spacial score (nSPS) is 11.6. The van der Waals surface area contributed by atoms with Gasteiger partial charge in [0, 0.05) is 23.4 Å². The second-order valence-corrected chi connectivity index (χ2v) is 7.05. The Labute approximate surface area is 170 Å². The third-order valence-corrected chi connectivity index (χ3v) is 4.97. The average molecular weight is 402 g/mol. The Morgan fingerprint density at radius 1 is 1.04 bits per heavy atom. The molecule has 0 aliphatic heterocycles. The summed E-state index contributed by atoms with van der Waals surface area (Å²) in [5.74, 6) is -0.886. The van der Waals surface area contributed by atoms with E-state index in [4.69, 9.17) is 16.3 Å². The van der Waals surface area contributed by atoms with Crippen LogP contribution in [0.4, 0.5) is 0 Å². The van der Waals surface area contributed by atoms with E-state index in [9.17, 15) is 14.4 Å². The zero-order valence-corrected chi connectivity index (χ0v) is 17.0. The van der Waals surface area contributed by atoms with Crippen molar-refractivity contribution in [1.82, 2.24) is 5.32 Å². The second-order valence-electron chi connectivity index (χ2n) is 6.64. The number of carbonyl (C=O) groups excluding carboxylic acids is 3. The average Bonchev–Trinajstić information content (AvgIpc) is 2.68. The molecule has 1 atom stereocenters. The maximum absolute atomic E-state index is 12.4. The number of nitrogens with one attached hydrogen (secondary N) is 1. The summed E-state index contributed by atoms with van der Waals surface area (Å²) >= 11 is 6.21. The van der Waals surface area contributed by atoms with Crippen LogP contribution in [0.25, 0.3) is 0 Å². The zero-order chi connectivity index (χ0) is 20.7. The number of rotatable bonds is 8. The van der Waals surface area contributed by atoms with Gasteiger partial charge in [0.05, 0.1) is 19.6 Å². The molecule has 0 saturated carbocycles. The van der Waals surface area contributed by atoms with E-state index in [1.54, 1.807) is 30.3 Å². The van der Waals surface area contributed by atoms with Gasteiger partial charge in [-0.3, -0.25) is 14.4 Å². The lowest BCUT2D eigenvalue weighted by Gasteiger charge is -2.19. The molecule has 1 amide bonds. The van der Waals surface area contributed by atoms with Crippen molar-refractivity contribution in [3.8, 4) is 0 Å². The van der Waals surface area contributed by atoms with Crippen molar-refractivity contribution >= 4 is 29.3 Å². The number of methoxy groups -OCH3 is 1. The van der Waals surface area contributed by atoms with E-state index < -0.39 is 12.0 Å². The summed E-state index contributed by atoms with van der Waals surface area (Å²) in [5.41, 5.74) is 3.36. The van der Waals surface area contributed by atoms with Crippen molar-refractivity contribution in [1.29, 1.82) is 0 Å². The molecule has 28 heavy (non-hydrogen) atoms. The SMILES string of the molecule is COC(=O)C[C@H](NC(=O)CCC(=O)c1ccc(C)c(C)c1)c1ccccc1Cl. The number of Topliss-reactive ketones (excluding diaryl/α,β-unsaturated/α-hetero) is 1. The van der Waals surface area contributed by atoms with Crippen LogP contribution >= 0.6 is 11.6 Å². The molecule has 0 aromatic heterocycles. The summed E-state index contributed by atoms with van der Waals surface area (Å²) < 4.78 is 4.71. The van der Waals surface area contributed by atoms with Gasteiger partial charge in [-0.25, -0.2) is 0 Å². The van der Waals surface area contributed by atoms with Crippen LogP contribution in [-0.2, 0) is 14.3 Å². The highest BCUT2D eigenvalue weighted by Gasteiger charge is 2.21. The first-order chi connectivity index (χ1) is 13.3. The van der Waals surface area contributed by atoms with Crippen LogP contribution in [0.15, 0.2) is 42.5 Å². The summed E-state index contributed by atoms with van der Waals surface area (Å²) in [7, 11) is 1.29. The van der Waals surface area contributed by atoms with E-state index in [2.05, 4.69) is 5.32 Å². The Hall–Kier alpha value is -2.66. The highest BCUT2D eigenvalue weighted by Crippen LogP contribution is 2.25. The Morgan fingerprint density at radius 2 is 1.75 bits per heavy atom. The highest BCUT2D eigenvalue weighted by molar-refractivity contribution is 6.31. The Balaban J connectivity index is 2.02. The largest absolute Gasteiger partial charge is 0.469 e. The first-order valence-corrected chi connectivity index (χ1v) is 9.40. The molecular formula is C22H24ClNO4. The number of ketones is 1. The van der Waals surface area contributed by atoms with Gasteiger partial charge in [0.2, 0.25) is 5.91 Å². The van der Waals surface area contributed by atoms with Crippen molar-refractivity contribution in [2.75, 3.05) is 7.11 Å². The lowest BCUT2D eigenvalue weighted by Crippen LogP contribution is -2.31. The Kier molecular flexibility index (Phi) is 7.76. The van der Waals surface area contributed by atoms with Gasteiger partial charge in [-0.05, 0) is 42.7 Å². The van der Waals surface area contributed by atoms with Crippen LogP contribution in [0.2, 0.25) is 5.02 Å². The van der Waals surface area contributed by atoms with Crippen LogP contribution < -0.4 is 5.32 Å². The molecule has 0 aliphatic rings. The van der Waals surface area contributed by atoms with E-state index in [0.29, 0.717) is 16.1 Å². The van der Waals surface area contributed by atoms with E-state index in [1.807, 2.05) is 26.0 Å². The predicted molar refractivity (Wildman–Crippen MR) is 108 cm³/mol. The quantitative estimate of drug-likeness (QED) is 0.527. The van der Waals surface area contributed by atoms with Gasteiger partial charge in [0.15, 0.2) is 5.78 Å². The van der Waals surface area contributed by atoms with Crippen molar-refractivity contribution in [3.05, 3.63) is 69.7 Å². The fraction of sp³-hybridized carbons (Fsp3) is 0.318. The summed E-state index contributed by atoms with van der Waals surface area (Å²) in [5, 5.41) is 3.24. The monoisotopic (exact) mass is 401 g/mol. The number of halogens is 1. The lowest BCUT2D eigenvalue weighted by atomic mass is 10.0. The highest BCUT2D eigenvalue weighted by atomic mass is 35.5. The van der Waals surface area contributed by atoms with E-state index in [1.165, 1.54) is 7.11 Å². The summed E-state index contributed by atoms with van der Waals surface area (Å²) in [6.07, 6.45) is 0.0623. The second kappa shape index (κ2) is 10.0. The van der Waals surface area contributed by atoms with Crippen LogP contribution in [0.3, 0.4) is 0 Å². The molecular weight excluding hydrogens is 378 g/mol. The fourth-order valence-corrected chi connectivity index (χ4v) is 3.07. The number of hydrogen-bond acceptors (Lipinski definition) is 4. The summed E-state index contributed by atoms with van der Waals surface area (Å²) in [6.45, 7) is 3.92. The minimum absolute atomic E-state index is 0.0217. The molecule has 2 rings (SSSR count). The lowest BCUT2D eigenvalue weighted by molar-refractivity contribution is -0.141. The van der Waals surface area contributed by atoms with Gasteiger partial charge >= 0.3 is 5.97 Å². The molecule has 0 unspecified atom stereocenters. The first kappa shape index (κ1) is 21.6. The van der Waals surface area contributed by atoms with Crippen LogP contribution in [0.5, 0.6) is 0 Å². The van der Waals surface area contributed by atoms with E-state index >= 15 is 0 Å². The number of aryl methyl sites for hydroxylation is 2. The maximum Gasteiger partial charge on any atom is 0.307 e. The van der Waals surface area contributed by atoms with E-state index in [-0.39, 0.29) is 31.0 Å². The molecule has 5 nitrogen and oxygen atoms in total. The number of hydrogen-bond donors (Lipinski definition) is 1. The van der Waals surface area contributed by atoms with Gasteiger partial charge < -0.3 is 10.1 Å². The molecule has 1 N–H and O–H groups in total. The summed E-state index contributed by atoms with van der Waals surface area (Å²) in [6, 6.07) is 11.9. The molecule has 0 heterocycles. The molecule has 2 aromatic carbocycles. The predicted octanol–water partition coefficient (Wildman–Crippen LogP) is 4.34. The number of esters is 1. The minimum atomic E-state index is -0.620. The minimum Gasteiger partial charge on any atom is -0.469 e. The molecule has 0 spiro atoms. The van der Waals surface area contributed by atoms with Gasteiger partial charge in [-0.1, -0.05) is 41.9 Å². The number of benzene rings is 2. The topological polar surface area (TPSA) is 72.5 Å². The number of ether oxygens (including phenoxy) is 1. The molecule has 0 bridgehead atoms.